The van der Waals surface area contributed by atoms with Crippen molar-refractivity contribution in [3.63, 3.8) is 0 Å². The fraction of sp³-hybridized carbons (Fsp3) is 0.167. The van der Waals surface area contributed by atoms with E-state index in [0.29, 0.717) is 22.0 Å². The highest BCUT2D eigenvalue weighted by atomic mass is 32.1. The number of rotatable bonds is 5. The van der Waals surface area contributed by atoms with Gasteiger partial charge in [-0.25, -0.2) is 0 Å². The molecule has 0 saturated heterocycles. The average molecular weight is 354 g/mol. The van der Waals surface area contributed by atoms with Crippen molar-refractivity contribution in [3.8, 4) is 17.1 Å². The fourth-order valence-corrected chi connectivity index (χ4v) is 2.75. The maximum atomic E-state index is 12.5. The molecule has 0 saturated carbocycles. The number of carbonyl (C=O) groups is 1. The molecule has 0 aliphatic rings. The normalized spacial score (nSPS) is 10.5. The number of ether oxygens (including phenoxy) is 1. The summed E-state index contributed by atoms with van der Waals surface area (Å²) in [6, 6.07) is 15.1. The molecule has 6 nitrogen and oxygen atoms in total. The van der Waals surface area contributed by atoms with Crippen LogP contribution in [0.5, 0.6) is 5.75 Å². The molecule has 0 bridgehead atoms. The number of carbonyl (C=O) groups excluding carboxylic acids is 1. The molecule has 0 aliphatic carbocycles. The summed E-state index contributed by atoms with van der Waals surface area (Å²) in [5.74, 6) is 1.02. The van der Waals surface area contributed by atoms with E-state index in [9.17, 15) is 4.79 Å². The van der Waals surface area contributed by atoms with Crippen LogP contribution in [0.15, 0.2) is 48.5 Å². The molecule has 3 aromatic rings. The van der Waals surface area contributed by atoms with Crippen molar-refractivity contribution in [1.29, 1.82) is 0 Å². The van der Waals surface area contributed by atoms with Gasteiger partial charge in [0.1, 0.15) is 12.3 Å². The highest BCUT2D eigenvalue weighted by molar-refractivity contribution is 7.71. The van der Waals surface area contributed by atoms with E-state index >= 15 is 0 Å². The second-order valence-electron chi connectivity index (χ2n) is 5.56. The summed E-state index contributed by atoms with van der Waals surface area (Å²) in [6.45, 7) is 2.06. The van der Waals surface area contributed by atoms with Gasteiger partial charge in [0.2, 0.25) is 5.91 Å². The number of amides is 1. The molecule has 0 radical (unpaired) electrons. The molecular formula is C18H18N4O2S. The Bertz CT molecular complexity index is 961. The molecule has 0 aliphatic heterocycles. The molecule has 2 N–H and O–H groups in total. The molecule has 0 atom stereocenters. The van der Waals surface area contributed by atoms with Gasteiger partial charge in [-0.2, -0.15) is 5.10 Å². The third-order valence-electron chi connectivity index (χ3n) is 3.72. The summed E-state index contributed by atoms with van der Waals surface area (Å²) in [7, 11) is 1.56. The number of H-pyrrole nitrogens is 1. The van der Waals surface area contributed by atoms with Crippen molar-refractivity contribution in [2.24, 2.45) is 0 Å². The molecule has 128 valence electrons. The number of nitrogens with one attached hydrogen (secondary N) is 2. The molecule has 1 heterocycles. The summed E-state index contributed by atoms with van der Waals surface area (Å²) in [5.41, 5.74) is 2.62. The monoisotopic (exact) mass is 354 g/mol. The average Bonchev–Trinajstić information content (AvgIpc) is 2.96. The number of anilines is 1. The zero-order chi connectivity index (χ0) is 17.8. The Kier molecular flexibility index (Phi) is 4.95. The van der Waals surface area contributed by atoms with Gasteiger partial charge >= 0.3 is 0 Å². The van der Waals surface area contributed by atoms with E-state index in [1.807, 2.05) is 43.3 Å². The zero-order valence-electron chi connectivity index (χ0n) is 13.9. The number of hydrogen-bond acceptors (Lipinski definition) is 4. The molecular weight excluding hydrogens is 336 g/mol. The third kappa shape index (κ3) is 3.77. The maximum absolute atomic E-state index is 12.5. The molecule has 1 aromatic heterocycles. The zero-order valence-corrected chi connectivity index (χ0v) is 14.8. The van der Waals surface area contributed by atoms with Gasteiger partial charge < -0.3 is 10.1 Å². The van der Waals surface area contributed by atoms with E-state index in [1.165, 1.54) is 0 Å². The highest BCUT2D eigenvalue weighted by Crippen LogP contribution is 2.23. The summed E-state index contributed by atoms with van der Waals surface area (Å²) < 4.78 is 7.32. The van der Waals surface area contributed by atoms with Crippen molar-refractivity contribution in [2.45, 2.75) is 13.5 Å². The number of aromatic nitrogens is 3. The van der Waals surface area contributed by atoms with E-state index in [2.05, 4.69) is 15.5 Å². The van der Waals surface area contributed by atoms with Gasteiger partial charge in [-0.1, -0.05) is 35.9 Å². The van der Waals surface area contributed by atoms with Crippen molar-refractivity contribution >= 4 is 23.8 Å². The third-order valence-corrected chi connectivity index (χ3v) is 4.03. The minimum absolute atomic E-state index is 0.0522. The first-order valence-electron chi connectivity index (χ1n) is 7.73. The fourth-order valence-electron chi connectivity index (χ4n) is 2.55. The number of methoxy groups -OCH3 is 1. The van der Waals surface area contributed by atoms with Crippen molar-refractivity contribution in [3.05, 3.63) is 58.9 Å². The van der Waals surface area contributed by atoms with E-state index in [0.717, 1.165) is 11.1 Å². The van der Waals surface area contributed by atoms with Crippen LogP contribution in [0.3, 0.4) is 0 Å². The summed E-state index contributed by atoms with van der Waals surface area (Å²) in [5, 5.41) is 9.86. The van der Waals surface area contributed by atoms with Gasteiger partial charge in [0.05, 0.1) is 12.8 Å². The standard InChI is InChI=1S/C18H18N4O2S/c1-12-6-5-7-13(10-12)17-20-21-18(25)22(17)11-16(23)19-14-8-3-4-9-15(14)24-2/h3-10H,11H2,1-2H3,(H,19,23)(H,21,25). The Labute approximate surface area is 150 Å². The Hall–Kier alpha value is -2.93. The quantitative estimate of drug-likeness (QED) is 0.687. The van der Waals surface area contributed by atoms with Gasteiger partial charge in [0.25, 0.3) is 0 Å². The summed E-state index contributed by atoms with van der Waals surface area (Å²) >= 11 is 5.28. The molecule has 3 rings (SSSR count). The molecule has 25 heavy (non-hydrogen) atoms. The first-order chi connectivity index (χ1) is 12.1. The number of hydrogen-bond donors (Lipinski definition) is 2. The lowest BCUT2D eigenvalue weighted by Crippen LogP contribution is -2.19. The number of aryl methyl sites for hydroxylation is 1. The molecule has 0 spiro atoms. The van der Waals surface area contributed by atoms with Crippen LogP contribution in [0.1, 0.15) is 5.56 Å². The topological polar surface area (TPSA) is 71.9 Å². The lowest BCUT2D eigenvalue weighted by atomic mass is 10.1. The first-order valence-corrected chi connectivity index (χ1v) is 8.14. The largest absolute Gasteiger partial charge is 0.495 e. The minimum atomic E-state index is -0.212. The van der Waals surface area contributed by atoms with Gasteiger partial charge in [-0.15, -0.1) is 0 Å². The Morgan fingerprint density at radius 3 is 2.84 bits per heavy atom. The van der Waals surface area contributed by atoms with E-state index < -0.39 is 0 Å². The number of nitrogens with zero attached hydrogens (tertiary/aromatic N) is 2. The molecule has 1 amide bonds. The lowest BCUT2D eigenvalue weighted by Gasteiger charge is -2.11. The van der Waals surface area contributed by atoms with E-state index in [4.69, 9.17) is 17.0 Å². The van der Waals surface area contributed by atoms with Gasteiger partial charge in [-0.05, 0) is 37.3 Å². The van der Waals surface area contributed by atoms with Crippen LogP contribution < -0.4 is 10.1 Å². The Morgan fingerprint density at radius 1 is 1.28 bits per heavy atom. The van der Waals surface area contributed by atoms with Crippen molar-refractivity contribution < 1.29 is 9.53 Å². The van der Waals surface area contributed by atoms with Crippen molar-refractivity contribution in [1.82, 2.24) is 14.8 Å². The second-order valence-corrected chi connectivity index (χ2v) is 5.94. The SMILES string of the molecule is COc1ccccc1NC(=O)Cn1c(-c2cccc(C)c2)n[nH]c1=S. The van der Waals surface area contributed by atoms with Gasteiger partial charge in [0, 0.05) is 5.56 Å². The number of aromatic amines is 1. The van der Waals surface area contributed by atoms with Crippen LogP contribution in [0, 0.1) is 11.7 Å². The van der Waals surface area contributed by atoms with Gasteiger partial charge in [-0.3, -0.25) is 14.5 Å². The van der Waals surface area contributed by atoms with Crippen LogP contribution in [-0.4, -0.2) is 27.8 Å². The van der Waals surface area contributed by atoms with Crippen LogP contribution in [0.25, 0.3) is 11.4 Å². The Morgan fingerprint density at radius 2 is 2.08 bits per heavy atom. The minimum Gasteiger partial charge on any atom is -0.495 e. The van der Waals surface area contributed by atoms with E-state index in [-0.39, 0.29) is 12.5 Å². The van der Waals surface area contributed by atoms with E-state index in [1.54, 1.807) is 23.8 Å². The number of para-hydroxylation sites is 2. The molecule has 2 aromatic carbocycles. The van der Waals surface area contributed by atoms with Gasteiger partial charge in [0.15, 0.2) is 10.6 Å². The van der Waals surface area contributed by atoms with Crippen LogP contribution in [0.4, 0.5) is 5.69 Å². The predicted molar refractivity (Wildman–Crippen MR) is 99.2 cm³/mol. The molecule has 7 heteroatoms. The maximum Gasteiger partial charge on any atom is 0.244 e. The second kappa shape index (κ2) is 7.31. The van der Waals surface area contributed by atoms with Crippen LogP contribution >= 0.6 is 12.2 Å². The smallest absolute Gasteiger partial charge is 0.244 e. The predicted octanol–water partition coefficient (Wildman–Crippen LogP) is 3.56. The van der Waals surface area contributed by atoms with Crippen LogP contribution in [0.2, 0.25) is 0 Å². The molecule has 0 fully saturated rings. The summed E-state index contributed by atoms with van der Waals surface area (Å²) in [6.07, 6.45) is 0. The van der Waals surface area contributed by atoms with Crippen LogP contribution in [-0.2, 0) is 11.3 Å². The molecule has 0 unspecified atom stereocenters. The Balaban J connectivity index is 1.85. The lowest BCUT2D eigenvalue weighted by molar-refractivity contribution is -0.116. The van der Waals surface area contributed by atoms with Crippen molar-refractivity contribution in [2.75, 3.05) is 12.4 Å². The number of benzene rings is 2. The summed E-state index contributed by atoms with van der Waals surface area (Å²) in [4.78, 5) is 12.5. The first kappa shape index (κ1) is 16.9. The highest BCUT2D eigenvalue weighted by Gasteiger charge is 2.14.